The van der Waals surface area contributed by atoms with E-state index in [9.17, 15) is 9.59 Å². The Bertz CT molecular complexity index is 376. The number of nitrogens with two attached hydrogens (primary N) is 1. The molecule has 0 aliphatic heterocycles. The first kappa shape index (κ1) is 14.2. The molecule has 0 fully saturated rings. The quantitative estimate of drug-likeness (QED) is 0.703. The second-order valence-corrected chi connectivity index (χ2v) is 4.16. The molecule has 0 aromatic heterocycles. The lowest BCUT2D eigenvalue weighted by molar-refractivity contribution is -0.138. The van der Waals surface area contributed by atoms with E-state index < -0.39 is 11.9 Å². The summed E-state index contributed by atoms with van der Waals surface area (Å²) in [7, 11) is 0. The van der Waals surface area contributed by atoms with E-state index in [-0.39, 0.29) is 13.1 Å². The number of aliphatic carboxylic acids is 1. The number of aryl methyl sites for hydroxylation is 1. The average molecular weight is 250 g/mol. The number of carboxylic acid groups (broad SMARTS) is 1. The van der Waals surface area contributed by atoms with Crippen molar-refractivity contribution in [1.29, 1.82) is 0 Å². The number of amides is 1. The number of primary amides is 1. The highest BCUT2D eigenvalue weighted by Gasteiger charge is 2.11. The Morgan fingerprint density at radius 2 is 1.83 bits per heavy atom. The van der Waals surface area contributed by atoms with Gasteiger partial charge in [0.05, 0.1) is 13.1 Å². The van der Waals surface area contributed by atoms with E-state index in [2.05, 4.69) is 0 Å². The van der Waals surface area contributed by atoms with Crippen LogP contribution >= 0.6 is 0 Å². The van der Waals surface area contributed by atoms with Crippen LogP contribution in [-0.2, 0) is 16.0 Å². The van der Waals surface area contributed by atoms with Crippen LogP contribution < -0.4 is 5.73 Å². The third-order valence-electron chi connectivity index (χ3n) is 2.52. The van der Waals surface area contributed by atoms with Gasteiger partial charge in [-0.2, -0.15) is 0 Å². The van der Waals surface area contributed by atoms with Crippen LogP contribution in [0.1, 0.15) is 12.0 Å². The van der Waals surface area contributed by atoms with Crippen molar-refractivity contribution in [3.63, 3.8) is 0 Å². The topological polar surface area (TPSA) is 83.6 Å². The Morgan fingerprint density at radius 3 is 2.39 bits per heavy atom. The molecule has 0 unspecified atom stereocenters. The normalized spacial score (nSPS) is 10.5. The van der Waals surface area contributed by atoms with Crippen molar-refractivity contribution >= 4 is 11.9 Å². The summed E-state index contributed by atoms with van der Waals surface area (Å²) in [5.41, 5.74) is 6.28. The van der Waals surface area contributed by atoms with Crippen molar-refractivity contribution in [2.24, 2.45) is 5.73 Å². The summed E-state index contributed by atoms with van der Waals surface area (Å²) in [6, 6.07) is 9.93. The van der Waals surface area contributed by atoms with Crippen LogP contribution in [0.2, 0.25) is 0 Å². The van der Waals surface area contributed by atoms with Gasteiger partial charge in [-0.05, 0) is 24.9 Å². The molecule has 0 spiro atoms. The summed E-state index contributed by atoms with van der Waals surface area (Å²) >= 11 is 0. The molecule has 0 heterocycles. The molecular formula is C13H18N2O3. The molecular weight excluding hydrogens is 232 g/mol. The summed E-state index contributed by atoms with van der Waals surface area (Å²) in [4.78, 5) is 23.0. The van der Waals surface area contributed by atoms with Crippen LogP contribution in [0.3, 0.4) is 0 Å². The molecule has 3 N–H and O–H groups in total. The minimum atomic E-state index is -0.948. The molecule has 0 aliphatic rings. The van der Waals surface area contributed by atoms with E-state index in [1.165, 1.54) is 5.56 Å². The van der Waals surface area contributed by atoms with E-state index in [4.69, 9.17) is 10.8 Å². The lowest BCUT2D eigenvalue weighted by Crippen LogP contribution is -2.38. The number of hydrogen-bond acceptors (Lipinski definition) is 3. The minimum absolute atomic E-state index is 0.0128. The maximum atomic E-state index is 10.8. The van der Waals surface area contributed by atoms with Gasteiger partial charge >= 0.3 is 5.97 Å². The number of rotatable bonds is 8. The van der Waals surface area contributed by atoms with Gasteiger partial charge in [0.15, 0.2) is 0 Å². The number of carboxylic acids is 1. The first-order valence-electron chi connectivity index (χ1n) is 5.84. The minimum Gasteiger partial charge on any atom is -0.480 e. The Balaban J connectivity index is 2.37. The Kier molecular flexibility index (Phi) is 5.87. The SMILES string of the molecule is NC(=O)CN(CCCc1ccccc1)CC(=O)O. The molecule has 1 aromatic carbocycles. The zero-order valence-electron chi connectivity index (χ0n) is 10.2. The van der Waals surface area contributed by atoms with Crippen LogP contribution in [0.5, 0.6) is 0 Å². The maximum Gasteiger partial charge on any atom is 0.317 e. The van der Waals surface area contributed by atoms with Gasteiger partial charge in [0.2, 0.25) is 5.91 Å². The molecule has 98 valence electrons. The maximum absolute atomic E-state index is 10.8. The number of carbonyl (C=O) groups is 2. The zero-order valence-corrected chi connectivity index (χ0v) is 10.2. The zero-order chi connectivity index (χ0) is 13.4. The summed E-state index contributed by atoms with van der Waals surface area (Å²) in [6.45, 7) is 0.378. The largest absolute Gasteiger partial charge is 0.480 e. The number of nitrogens with zero attached hydrogens (tertiary/aromatic N) is 1. The van der Waals surface area contributed by atoms with Crippen LogP contribution in [0.25, 0.3) is 0 Å². The van der Waals surface area contributed by atoms with Crippen molar-refractivity contribution in [1.82, 2.24) is 4.90 Å². The molecule has 0 radical (unpaired) electrons. The average Bonchev–Trinajstić information content (AvgIpc) is 2.28. The summed E-state index contributed by atoms with van der Waals surface area (Å²) in [6.07, 6.45) is 1.65. The van der Waals surface area contributed by atoms with Crippen molar-refractivity contribution < 1.29 is 14.7 Å². The van der Waals surface area contributed by atoms with Crippen molar-refractivity contribution in [2.45, 2.75) is 12.8 Å². The molecule has 5 heteroatoms. The monoisotopic (exact) mass is 250 g/mol. The fourth-order valence-electron chi connectivity index (χ4n) is 1.78. The van der Waals surface area contributed by atoms with Gasteiger partial charge in [0.25, 0.3) is 0 Å². The lowest BCUT2D eigenvalue weighted by atomic mass is 10.1. The highest BCUT2D eigenvalue weighted by molar-refractivity contribution is 5.77. The molecule has 5 nitrogen and oxygen atoms in total. The van der Waals surface area contributed by atoms with E-state index in [1.807, 2.05) is 30.3 Å². The lowest BCUT2D eigenvalue weighted by Gasteiger charge is -2.18. The van der Waals surface area contributed by atoms with E-state index >= 15 is 0 Å². The van der Waals surface area contributed by atoms with E-state index in [1.54, 1.807) is 4.90 Å². The molecule has 0 saturated carbocycles. The predicted octanol–water partition coefficient (Wildman–Crippen LogP) is 0.491. The van der Waals surface area contributed by atoms with Crippen LogP contribution in [0.15, 0.2) is 30.3 Å². The number of carbonyl (C=O) groups excluding carboxylic acids is 1. The van der Waals surface area contributed by atoms with Crippen LogP contribution in [0.4, 0.5) is 0 Å². The molecule has 0 bridgehead atoms. The first-order valence-corrected chi connectivity index (χ1v) is 5.84. The highest BCUT2D eigenvalue weighted by Crippen LogP contribution is 2.03. The third-order valence-corrected chi connectivity index (χ3v) is 2.52. The fraction of sp³-hybridized carbons (Fsp3) is 0.385. The molecule has 0 aliphatic carbocycles. The molecule has 1 aromatic rings. The number of benzene rings is 1. The summed E-state index contributed by atoms with van der Waals surface area (Å²) < 4.78 is 0. The Morgan fingerprint density at radius 1 is 1.17 bits per heavy atom. The van der Waals surface area contributed by atoms with Gasteiger partial charge in [-0.1, -0.05) is 30.3 Å². The standard InChI is InChI=1S/C13H18N2O3/c14-12(16)9-15(10-13(17)18)8-4-7-11-5-2-1-3-6-11/h1-3,5-6H,4,7-10H2,(H2,14,16)(H,17,18). The predicted molar refractivity (Wildman–Crippen MR) is 68.0 cm³/mol. The molecule has 1 amide bonds. The van der Waals surface area contributed by atoms with Crippen molar-refractivity contribution in [2.75, 3.05) is 19.6 Å². The third kappa shape index (κ3) is 6.00. The van der Waals surface area contributed by atoms with E-state index in [0.717, 1.165) is 12.8 Å². The van der Waals surface area contributed by atoms with E-state index in [0.29, 0.717) is 6.54 Å². The van der Waals surface area contributed by atoms with Gasteiger partial charge in [-0.25, -0.2) is 0 Å². The fourth-order valence-corrected chi connectivity index (χ4v) is 1.78. The van der Waals surface area contributed by atoms with Gasteiger partial charge in [0.1, 0.15) is 0 Å². The molecule has 0 atom stereocenters. The van der Waals surface area contributed by atoms with Gasteiger partial charge in [0, 0.05) is 0 Å². The van der Waals surface area contributed by atoms with Gasteiger partial charge in [-0.15, -0.1) is 0 Å². The van der Waals surface area contributed by atoms with Gasteiger partial charge in [-0.3, -0.25) is 14.5 Å². The molecule has 18 heavy (non-hydrogen) atoms. The van der Waals surface area contributed by atoms with Crippen molar-refractivity contribution in [3.05, 3.63) is 35.9 Å². The smallest absolute Gasteiger partial charge is 0.317 e. The van der Waals surface area contributed by atoms with Gasteiger partial charge < -0.3 is 10.8 Å². The second-order valence-electron chi connectivity index (χ2n) is 4.16. The first-order chi connectivity index (χ1) is 8.58. The van der Waals surface area contributed by atoms with Crippen molar-refractivity contribution in [3.8, 4) is 0 Å². The molecule has 0 saturated heterocycles. The summed E-state index contributed by atoms with van der Waals surface area (Å²) in [5, 5.41) is 8.72. The Labute approximate surface area is 106 Å². The number of hydrogen-bond donors (Lipinski definition) is 2. The van der Waals surface area contributed by atoms with Crippen LogP contribution in [0, 0.1) is 0 Å². The molecule has 1 rings (SSSR count). The summed E-state index contributed by atoms with van der Waals surface area (Å²) in [5.74, 6) is -1.45. The van der Waals surface area contributed by atoms with Crippen LogP contribution in [-0.4, -0.2) is 41.5 Å². The Hall–Kier alpha value is -1.88. The highest BCUT2D eigenvalue weighted by atomic mass is 16.4. The second kappa shape index (κ2) is 7.45.